The van der Waals surface area contributed by atoms with Crippen LogP contribution < -0.4 is 5.73 Å². The Kier molecular flexibility index (Phi) is 5.98. The predicted octanol–water partition coefficient (Wildman–Crippen LogP) is 3.96. The van der Waals surface area contributed by atoms with E-state index in [1.165, 1.54) is 6.07 Å². The normalized spacial score (nSPS) is 12.6. The van der Waals surface area contributed by atoms with Gasteiger partial charge in [0.1, 0.15) is 5.82 Å². The SMILES string of the molecule is CC(C)(C)S.CC(N)c1ccc(-c2cnn(C)c2)cc1F. The average molecular weight is 309 g/mol. The van der Waals surface area contributed by atoms with E-state index in [9.17, 15) is 4.39 Å². The molecule has 0 amide bonds. The van der Waals surface area contributed by atoms with Gasteiger partial charge in [0.15, 0.2) is 0 Å². The highest BCUT2D eigenvalue weighted by molar-refractivity contribution is 7.81. The van der Waals surface area contributed by atoms with Gasteiger partial charge in [0.05, 0.1) is 6.20 Å². The minimum atomic E-state index is -0.289. The Labute approximate surface area is 131 Å². The third-order valence-corrected chi connectivity index (χ3v) is 2.53. The molecule has 2 N–H and O–H groups in total. The number of rotatable bonds is 2. The molecule has 0 aliphatic rings. The first kappa shape index (κ1) is 17.7. The zero-order valence-electron chi connectivity index (χ0n) is 13.3. The van der Waals surface area contributed by atoms with E-state index in [1.54, 1.807) is 23.9 Å². The van der Waals surface area contributed by atoms with Gasteiger partial charge in [-0.25, -0.2) is 4.39 Å². The lowest BCUT2D eigenvalue weighted by atomic mass is 10.0. The molecule has 0 aliphatic heterocycles. The van der Waals surface area contributed by atoms with Crippen molar-refractivity contribution in [3.05, 3.63) is 42.0 Å². The minimum Gasteiger partial charge on any atom is -0.324 e. The molecule has 1 aromatic carbocycles. The van der Waals surface area contributed by atoms with Gasteiger partial charge in [-0.15, -0.1) is 0 Å². The van der Waals surface area contributed by atoms with Crippen LogP contribution in [0.2, 0.25) is 0 Å². The van der Waals surface area contributed by atoms with Crippen LogP contribution in [0.5, 0.6) is 0 Å². The summed E-state index contributed by atoms with van der Waals surface area (Å²) >= 11 is 4.12. The van der Waals surface area contributed by atoms with Crippen molar-refractivity contribution in [2.45, 2.75) is 38.5 Å². The molecule has 116 valence electrons. The van der Waals surface area contributed by atoms with Crippen molar-refractivity contribution in [1.29, 1.82) is 0 Å². The van der Waals surface area contributed by atoms with E-state index in [4.69, 9.17) is 5.73 Å². The molecule has 1 heterocycles. The van der Waals surface area contributed by atoms with Crippen molar-refractivity contribution in [2.24, 2.45) is 12.8 Å². The van der Waals surface area contributed by atoms with Gasteiger partial charge in [-0.3, -0.25) is 4.68 Å². The van der Waals surface area contributed by atoms with Crippen LogP contribution in [-0.2, 0) is 7.05 Å². The minimum absolute atomic E-state index is 0.194. The number of thiol groups is 1. The predicted molar refractivity (Wildman–Crippen MR) is 89.9 cm³/mol. The fourth-order valence-electron chi connectivity index (χ4n) is 1.65. The van der Waals surface area contributed by atoms with E-state index in [2.05, 4.69) is 38.5 Å². The molecule has 1 aromatic heterocycles. The second-order valence-corrected chi connectivity index (χ2v) is 7.44. The van der Waals surface area contributed by atoms with Crippen LogP contribution >= 0.6 is 12.6 Å². The van der Waals surface area contributed by atoms with Crippen LogP contribution in [0.3, 0.4) is 0 Å². The third-order valence-electron chi connectivity index (χ3n) is 2.53. The molecule has 0 bridgehead atoms. The molecule has 2 aromatic rings. The summed E-state index contributed by atoms with van der Waals surface area (Å²) in [6.45, 7) is 7.92. The summed E-state index contributed by atoms with van der Waals surface area (Å²) in [5.74, 6) is -0.267. The van der Waals surface area contributed by atoms with Crippen molar-refractivity contribution >= 4 is 12.6 Å². The fraction of sp³-hybridized carbons (Fsp3) is 0.438. The van der Waals surface area contributed by atoms with Crippen LogP contribution in [-0.4, -0.2) is 14.5 Å². The monoisotopic (exact) mass is 309 g/mol. The highest BCUT2D eigenvalue weighted by Crippen LogP contribution is 2.23. The molecule has 0 saturated carbocycles. The maximum absolute atomic E-state index is 13.7. The van der Waals surface area contributed by atoms with Gasteiger partial charge < -0.3 is 5.73 Å². The van der Waals surface area contributed by atoms with E-state index in [0.717, 1.165) is 11.1 Å². The van der Waals surface area contributed by atoms with Crippen molar-refractivity contribution < 1.29 is 4.39 Å². The number of halogens is 1. The number of hydrogen-bond acceptors (Lipinski definition) is 3. The smallest absolute Gasteiger partial charge is 0.128 e. The van der Waals surface area contributed by atoms with E-state index in [1.807, 2.05) is 19.3 Å². The Bertz CT molecular complexity index is 579. The molecular weight excluding hydrogens is 285 g/mol. The van der Waals surface area contributed by atoms with E-state index in [0.29, 0.717) is 5.56 Å². The summed E-state index contributed by atoms with van der Waals surface area (Å²) in [6, 6.07) is 4.79. The Hall–Kier alpha value is -1.33. The van der Waals surface area contributed by atoms with Gasteiger partial charge in [0.25, 0.3) is 0 Å². The van der Waals surface area contributed by atoms with E-state index in [-0.39, 0.29) is 16.6 Å². The third kappa shape index (κ3) is 6.31. The lowest BCUT2D eigenvalue weighted by molar-refractivity contribution is 0.594. The van der Waals surface area contributed by atoms with Crippen molar-refractivity contribution in [3.63, 3.8) is 0 Å². The van der Waals surface area contributed by atoms with Gasteiger partial charge in [-0.05, 0) is 18.6 Å². The lowest BCUT2D eigenvalue weighted by Crippen LogP contribution is -2.07. The molecule has 21 heavy (non-hydrogen) atoms. The van der Waals surface area contributed by atoms with E-state index < -0.39 is 0 Å². The van der Waals surface area contributed by atoms with Crippen LogP contribution in [0.25, 0.3) is 11.1 Å². The second-order valence-electron chi connectivity index (χ2n) is 6.10. The molecular formula is C16H24FN3S. The largest absolute Gasteiger partial charge is 0.324 e. The van der Waals surface area contributed by atoms with Crippen molar-refractivity contribution in [3.8, 4) is 11.1 Å². The Morgan fingerprint density at radius 2 is 1.86 bits per heavy atom. The zero-order chi connectivity index (χ0) is 16.2. The molecule has 3 nitrogen and oxygen atoms in total. The number of hydrogen-bond donors (Lipinski definition) is 2. The molecule has 0 spiro atoms. The van der Waals surface area contributed by atoms with Crippen LogP contribution in [0.15, 0.2) is 30.6 Å². The Morgan fingerprint density at radius 3 is 2.24 bits per heavy atom. The van der Waals surface area contributed by atoms with Crippen LogP contribution in [0.1, 0.15) is 39.3 Å². The molecule has 5 heteroatoms. The Balaban J connectivity index is 0.000000383. The maximum atomic E-state index is 13.7. The molecule has 0 aliphatic carbocycles. The highest BCUT2D eigenvalue weighted by Gasteiger charge is 2.09. The molecule has 0 radical (unpaired) electrons. The van der Waals surface area contributed by atoms with Crippen molar-refractivity contribution in [2.75, 3.05) is 0 Å². The maximum Gasteiger partial charge on any atom is 0.128 e. The number of nitrogens with two attached hydrogens (primary N) is 1. The number of nitrogens with zero attached hydrogens (tertiary/aromatic N) is 2. The first-order valence-electron chi connectivity index (χ1n) is 6.84. The molecule has 1 unspecified atom stereocenters. The van der Waals surface area contributed by atoms with E-state index >= 15 is 0 Å². The summed E-state index contributed by atoms with van der Waals surface area (Å²) in [5.41, 5.74) is 7.90. The van der Waals surface area contributed by atoms with Crippen LogP contribution in [0.4, 0.5) is 4.39 Å². The van der Waals surface area contributed by atoms with Gasteiger partial charge >= 0.3 is 0 Å². The Morgan fingerprint density at radius 1 is 1.29 bits per heavy atom. The molecule has 0 fully saturated rings. The fourth-order valence-corrected chi connectivity index (χ4v) is 1.65. The standard InChI is InChI=1S/C12H14FN3.C4H10S/c1-8(14)11-4-3-9(5-12(11)13)10-6-15-16(2)7-10;1-4(2,3)5/h3-8H,14H2,1-2H3;5H,1-3H3. The number of aryl methyl sites for hydroxylation is 1. The molecule has 0 saturated heterocycles. The first-order valence-corrected chi connectivity index (χ1v) is 7.29. The quantitative estimate of drug-likeness (QED) is 0.825. The average Bonchev–Trinajstić information content (AvgIpc) is 2.73. The summed E-state index contributed by atoms with van der Waals surface area (Å²) in [6.07, 6.45) is 3.56. The van der Waals surface area contributed by atoms with Gasteiger partial charge in [-0.1, -0.05) is 32.9 Å². The number of benzene rings is 1. The van der Waals surface area contributed by atoms with Gasteiger partial charge in [0, 0.05) is 35.2 Å². The summed E-state index contributed by atoms with van der Waals surface area (Å²) < 4.78 is 15.6. The lowest BCUT2D eigenvalue weighted by Gasteiger charge is -2.08. The first-order chi connectivity index (χ1) is 9.58. The zero-order valence-corrected chi connectivity index (χ0v) is 14.2. The summed E-state index contributed by atoms with van der Waals surface area (Å²) in [4.78, 5) is 0. The highest BCUT2D eigenvalue weighted by atomic mass is 32.1. The molecule has 2 rings (SSSR count). The van der Waals surface area contributed by atoms with Crippen molar-refractivity contribution in [1.82, 2.24) is 9.78 Å². The summed E-state index contributed by atoms with van der Waals surface area (Å²) in [7, 11) is 1.83. The number of aromatic nitrogens is 2. The van der Waals surface area contributed by atoms with Gasteiger partial charge in [0.2, 0.25) is 0 Å². The molecule has 1 atom stereocenters. The topological polar surface area (TPSA) is 43.8 Å². The second kappa shape index (κ2) is 7.09. The van der Waals surface area contributed by atoms with Crippen LogP contribution in [0, 0.1) is 5.82 Å². The summed E-state index contributed by atoms with van der Waals surface area (Å²) in [5, 5.41) is 4.05. The van der Waals surface area contributed by atoms with Gasteiger partial charge in [-0.2, -0.15) is 17.7 Å².